The Balaban J connectivity index is 0.00000462. The Morgan fingerprint density at radius 3 is 2.51 bits per heavy atom. The molecule has 1 aliphatic rings. The minimum atomic E-state index is -1.28. The minimum absolute atomic E-state index is 0. The zero-order valence-corrected chi connectivity index (χ0v) is 25.3. The summed E-state index contributed by atoms with van der Waals surface area (Å²) in [5.74, 6) is 0.492. The monoisotopic (exact) mass is 569 g/mol. The second-order valence-electron chi connectivity index (χ2n) is 10.7. The van der Waals surface area contributed by atoms with Crippen molar-refractivity contribution in [3.05, 3.63) is 83.3 Å². The van der Waals surface area contributed by atoms with Crippen LogP contribution in [0.2, 0.25) is 0 Å². The van der Waals surface area contributed by atoms with Crippen LogP contribution in [-0.4, -0.2) is 29.9 Å². The zero-order chi connectivity index (χ0) is 28.3. The first kappa shape index (κ1) is 33.1. The molecule has 3 aromatic rings. The van der Waals surface area contributed by atoms with Crippen LogP contribution in [0.15, 0.2) is 65.3 Å². The smallest absolute Gasteiger partial charge is 0.548 e. The predicted octanol–water partition coefficient (Wildman–Crippen LogP) is 3.48. The third-order valence-corrected chi connectivity index (χ3v) is 8.48. The average Bonchev–Trinajstić information content (AvgIpc) is 3.51. The molecule has 2 atom stereocenters. The van der Waals surface area contributed by atoms with Crippen molar-refractivity contribution in [1.29, 1.82) is 0 Å². The number of carboxylic acid groups (broad SMARTS) is 1. The van der Waals surface area contributed by atoms with Gasteiger partial charge in [0.15, 0.2) is 0 Å². The van der Waals surface area contributed by atoms with Gasteiger partial charge in [-0.05, 0) is 90.6 Å². The van der Waals surface area contributed by atoms with E-state index in [0.717, 1.165) is 46.8 Å². The second kappa shape index (κ2) is 16.9. The first-order chi connectivity index (χ1) is 19.5. The van der Waals surface area contributed by atoms with Gasteiger partial charge in [-0.3, -0.25) is 4.79 Å². The van der Waals surface area contributed by atoms with Gasteiger partial charge in [0.25, 0.3) is 5.91 Å². The number of rotatable bonds is 14. The fraction of sp³-hybridized carbons (Fsp3) is 0.455. The fourth-order valence-electron chi connectivity index (χ4n) is 5.54. The van der Waals surface area contributed by atoms with Gasteiger partial charge in [0.2, 0.25) is 0 Å². The van der Waals surface area contributed by atoms with Gasteiger partial charge in [-0.1, -0.05) is 62.4 Å². The van der Waals surface area contributed by atoms with Crippen LogP contribution in [-0.2, 0) is 16.1 Å². The van der Waals surface area contributed by atoms with Crippen molar-refractivity contribution >= 4 is 23.6 Å². The predicted molar refractivity (Wildman–Crippen MR) is 158 cm³/mol. The number of hydrogen-bond donors (Lipinski definition) is 1. The molecule has 1 fully saturated rings. The molecule has 6 nitrogen and oxygen atoms in total. The van der Waals surface area contributed by atoms with E-state index in [1.165, 1.54) is 43.9 Å². The van der Waals surface area contributed by atoms with Crippen molar-refractivity contribution in [2.75, 3.05) is 12.0 Å². The molecule has 1 heterocycles. The van der Waals surface area contributed by atoms with E-state index < -0.39 is 17.9 Å². The third-order valence-electron chi connectivity index (χ3n) is 7.84. The molecule has 0 aliphatic heterocycles. The molecule has 1 aromatic heterocycles. The van der Waals surface area contributed by atoms with Gasteiger partial charge in [-0.2, -0.15) is 11.8 Å². The molecule has 8 heteroatoms. The number of ether oxygens (including phenoxy) is 1. The molecule has 214 valence electrons. The molecule has 41 heavy (non-hydrogen) atoms. The molecule has 1 amide bonds. The molecule has 1 aliphatic carbocycles. The van der Waals surface area contributed by atoms with E-state index in [4.69, 9.17) is 9.15 Å². The number of aryl methyl sites for hydroxylation is 1. The molecule has 1 N–H and O–H groups in total. The fourth-order valence-corrected chi connectivity index (χ4v) is 6.01. The summed E-state index contributed by atoms with van der Waals surface area (Å²) < 4.78 is 12.2. The summed E-state index contributed by atoms with van der Waals surface area (Å²) in [6, 6.07) is 16.3. The van der Waals surface area contributed by atoms with Crippen molar-refractivity contribution < 1.29 is 42.7 Å². The van der Waals surface area contributed by atoms with E-state index in [-0.39, 0.29) is 25.0 Å². The van der Waals surface area contributed by atoms with E-state index in [1.807, 2.05) is 61.7 Å². The largest absolute Gasteiger partial charge is 1.00 e. The van der Waals surface area contributed by atoms with Gasteiger partial charge in [-0.15, -0.1) is 0 Å². The number of carbonyl (C=O) groups excluding carboxylic acids is 2. The second-order valence-corrected chi connectivity index (χ2v) is 11.7. The van der Waals surface area contributed by atoms with Crippen LogP contribution in [0.4, 0.5) is 0 Å². The zero-order valence-electron chi connectivity index (χ0n) is 24.5. The Morgan fingerprint density at radius 2 is 1.83 bits per heavy atom. The first-order valence-corrected chi connectivity index (χ1v) is 15.7. The maximum Gasteiger partial charge on any atom is 1.00 e. The molecule has 0 saturated heterocycles. The molecular weight excluding hydrogens is 529 g/mol. The van der Waals surface area contributed by atoms with Gasteiger partial charge in [0.1, 0.15) is 11.9 Å². The Kier molecular flexibility index (Phi) is 13.6. The van der Waals surface area contributed by atoms with Crippen molar-refractivity contribution in [2.45, 2.75) is 77.0 Å². The van der Waals surface area contributed by atoms with Gasteiger partial charge in [0, 0.05) is 5.56 Å². The molecule has 2 aromatic carbocycles. The summed E-state index contributed by atoms with van der Waals surface area (Å²) in [5.41, 5.74) is 4.05. The number of carbonyl (C=O) groups is 2. The average molecular weight is 570 g/mol. The van der Waals surface area contributed by atoms with Crippen molar-refractivity contribution in [1.82, 2.24) is 5.32 Å². The number of thioether (sulfide) groups is 1. The Labute approximate surface area is 260 Å². The summed E-state index contributed by atoms with van der Waals surface area (Å²) in [6.07, 6.45) is 12.4. The summed E-state index contributed by atoms with van der Waals surface area (Å²) in [6.45, 7) is 2.37. The minimum Gasteiger partial charge on any atom is -0.548 e. The maximum atomic E-state index is 13.3. The number of benzene rings is 2. The van der Waals surface area contributed by atoms with Gasteiger partial charge < -0.3 is 24.4 Å². The topological polar surface area (TPSA) is 91.6 Å². The van der Waals surface area contributed by atoms with Crippen molar-refractivity contribution in [2.24, 2.45) is 5.92 Å². The van der Waals surface area contributed by atoms with Crippen molar-refractivity contribution in [3.8, 4) is 11.1 Å². The summed E-state index contributed by atoms with van der Waals surface area (Å²) in [7, 11) is 0. The number of hydrogen-bond acceptors (Lipinski definition) is 6. The van der Waals surface area contributed by atoms with Crippen LogP contribution in [0.25, 0.3) is 11.1 Å². The van der Waals surface area contributed by atoms with Crippen LogP contribution in [0, 0.1) is 12.8 Å². The van der Waals surface area contributed by atoms with Crippen LogP contribution < -0.4 is 29.3 Å². The molecule has 0 radical (unpaired) electrons. The molecule has 1 unspecified atom stereocenters. The maximum absolute atomic E-state index is 13.3. The van der Waals surface area contributed by atoms with E-state index in [9.17, 15) is 14.7 Å². The van der Waals surface area contributed by atoms with Crippen LogP contribution in [0.3, 0.4) is 0 Å². The van der Waals surface area contributed by atoms with E-state index >= 15 is 0 Å². The van der Waals surface area contributed by atoms with Crippen LogP contribution >= 0.6 is 11.8 Å². The molecular formula is C33H40LiNO5S. The summed E-state index contributed by atoms with van der Waals surface area (Å²) in [4.78, 5) is 25.0. The summed E-state index contributed by atoms with van der Waals surface area (Å²) >= 11 is 1.53. The quantitative estimate of drug-likeness (QED) is 0.299. The standard InChI is InChI=1S/C33H41NO5S.Li/c1-23-9-6-7-12-26(23)28-21-25(14-16-27(28)32(35)34-29(33(36)37)18-20-40-2)22-39-31(30-13-8-19-38-30)17-15-24-10-4-3-5-11-24;/h6-9,12-14,16,19,21,24,29,31H,3-5,10-11,15,17-18,20,22H2,1-2H3,(H,34,35)(H,36,37);/q;+1/p-1/t29-,31?;/m0./s1. The first-order valence-electron chi connectivity index (χ1n) is 14.3. The number of amides is 1. The number of carboxylic acids is 1. The van der Waals surface area contributed by atoms with Crippen LogP contribution in [0.1, 0.15) is 84.7 Å². The SMILES string of the molecule is CSCC[C@H](NC(=O)c1ccc(COC(CCC2CCCCC2)c2ccco2)cc1-c1ccccc1C)C(=O)[O-].[Li+]. The normalized spacial score (nSPS) is 15.1. The molecule has 0 bridgehead atoms. The number of aliphatic carboxylic acids is 1. The summed E-state index contributed by atoms with van der Waals surface area (Å²) in [5, 5.41) is 14.4. The molecule has 1 saturated carbocycles. The van der Waals surface area contributed by atoms with Crippen LogP contribution in [0.5, 0.6) is 0 Å². The van der Waals surface area contributed by atoms with Gasteiger partial charge >= 0.3 is 18.9 Å². The Hall–Kier alpha value is -2.43. The van der Waals surface area contributed by atoms with Gasteiger partial charge in [0.05, 0.1) is 24.9 Å². The van der Waals surface area contributed by atoms with Gasteiger partial charge in [-0.25, -0.2) is 0 Å². The Bertz CT molecular complexity index is 1240. The molecule has 0 spiro atoms. The van der Waals surface area contributed by atoms with E-state index in [1.54, 1.807) is 12.3 Å². The number of nitrogens with one attached hydrogen (secondary N) is 1. The Morgan fingerprint density at radius 1 is 1.05 bits per heavy atom. The van der Waals surface area contributed by atoms with E-state index in [0.29, 0.717) is 24.3 Å². The third kappa shape index (κ3) is 9.54. The number of furan rings is 1. The van der Waals surface area contributed by atoms with E-state index in [2.05, 4.69) is 5.32 Å². The molecule has 4 rings (SSSR count). The van der Waals surface area contributed by atoms with Crippen molar-refractivity contribution in [3.63, 3.8) is 0 Å².